The summed E-state index contributed by atoms with van der Waals surface area (Å²) in [5.74, 6) is -0.146. The van der Waals surface area contributed by atoms with E-state index in [1.54, 1.807) is 12.1 Å². The molecule has 0 saturated heterocycles. The molecule has 1 atom stereocenters. The minimum Gasteiger partial charge on any atom is -0.207 e. The SMILES string of the molecule is Fc1cc(Cl)ccc1C1C[C]1Cl. The topological polar surface area (TPSA) is 0 Å². The van der Waals surface area contributed by atoms with Crippen LogP contribution in [0.5, 0.6) is 0 Å². The maximum absolute atomic E-state index is 13.2. The molecule has 0 heterocycles. The van der Waals surface area contributed by atoms with E-state index >= 15 is 0 Å². The second-order valence-corrected chi connectivity index (χ2v) is 3.79. The summed E-state index contributed by atoms with van der Waals surface area (Å²) in [6.45, 7) is 0. The molecule has 1 aromatic carbocycles. The Morgan fingerprint density at radius 3 is 2.50 bits per heavy atom. The lowest BCUT2D eigenvalue weighted by Gasteiger charge is -1.99. The molecule has 2 rings (SSSR count). The van der Waals surface area contributed by atoms with Crippen LogP contribution in [-0.2, 0) is 0 Å². The van der Waals surface area contributed by atoms with Crippen LogP contribution in [0.25, 0.3) is 0 Å². The van der Waals surface area contributed by atoms with Gasteiger partial charge in [-0.25, -0.2) is 4.39 Å². The smallest absolute Gasteiger partial charge is 0.128 e. The van der Waals surface area contributed by atoms with Crippen LogP contribution in [0, 0.1) is 11.2 Å². The van der Waals surface area contributed by atoms with E-state index in [2.05, 4.69) is 0 Å². The Balaban J connectivity index is 2.33. The zero-order valence-corrected chi connectivity index (χ0v) is 7.66. The van der Waals surface area contributed by atoms with Crippen LogP contribution in [0.15, 0.2) is 18.2 Å². The van der Waals surface area contributed by atoms with Crippen LogP contribution in [-0.4, -0.2) is 0 Å². The van der Waals surface area contributed by atoms with Gasteiger partial charge in [0.25, 0.3) is 0 Å². The van der Waals surface area contributed by atoms with Crippen molar-refractivity contribution >= 4 is 23.2 Å². The summed E-state index contributed by atoms with van der Waals surface area (Å²) in [6.07, 6.45) is 0.792. The predicted molar refractivity (Wildman–Crippen MR) is 47.9 cm³/mol. The third-order valence-corrected chi connectivity index (χ3v) is 2.61. The molecular formula is C9H6Cl2F. The molecule has 1 aromatic rings. The summed E-state index contributed by atoms with van der Waals surface area (Å²) in [4.78, 5) is 0. The average Bonchev–Trinajstić information content (AvgIpc) is 2.66. The van der Waals surface area contributed by atoms with Crippen molar-refractivity contribution in [2.24, 2.45) is 0 Å². The molecular weight excluding hydrogens is 198 g/mol. The monoisotopic (exact) mass is 203 g/mol. The molecule has 3 heteroatoms. The first-order chi connectivity index (χ1) is 5.68. The van der Waals surface area contributed by atoms with E-state index < -0.39 is 0 Å². The van der Waals surface area contributed by atoms with Crippen LogP contribution >= 0.6 is 23.2 Å². The molecule has 0 nitrogen and oxygen atoms in total. The Bertz CT molecular complexity index is 311. The van der Waals surface area contributed by atoms with Gasteiger partial charge in [-0.15, -0.1) is 11.6 Å². The molecule has 0 bridgehead atoms. The summed E-state index contributed by atoms with van der Waals surface area (Å²) < 4.78 is 13.2. The zero-order chi connectivity index (χ0) is 8.72. The van der Waals surface area contributed by atoms with Gasteiger partial charge in [-0.05, 0) is 24.1 Å². The van der Waals surface area contributed by atoms with Gasteiger partial charge in [0.05, 0.1) is 5.38 Å². The first-order valence-corrected chi connectivity index (χ1v) is 4.40. The summed E-state index contributed by atoms with van der Waals surface area (Å²) >= 11 is 11.3. The molecule has 1 unspecified atom stereocenters. The molecule has 0 aliphatic heterocycles. The maximum Gasteiger partial charge on any atom is 0.128 e. The molecule has 1 saturated carbocycles. The quantitative estimate of drug-likeness (QED) is 0.653. The van der Waals surface area contributed by atoms with Crippen molar-refractivity contribution < 1.29 is 4.39 Å². The Hall–Kier alpha value is -0.270. The highest BCUT2D eigenvalue weighted by Gasteiger charge is 2.39. The lowest BCUT2D eigenvalue weighted by Crippen LogP contribution is -1.86. The first kappa shape index (κ1) is 8.33. The Kier molecular flexibility index (Phi) is 2.01. The van der Waals surface area contributed by atoms with Gasteiger partial charge >= 0.3 is 0 Å². The summed E-state index contributed by atoms with van der Waals surface area (Å²) in [5.41, 5.74) is 0.657. The van der Waals surface area contributed by atoms with Gasteiger partial charge in [-0.2, -0.15) is 0 Å². The lowest BCUT2D eigenvalue weighted by atomic mass is 10.1. The zero-order valence-electron chi connectivity index (χ0n) is 6.15. The Morgan fingerprint density at radius 1 is 1.33 bits per heavy atom. The van der Waals surface area contributed by atoms with Crippen molar-refractivity contribution in [1.29, 1.82) is 0 Å². The first-order valence-electron chi connectivity index (χ1n) is 3.64. The standard InChI is InChI=1S/C9H6Cl2F/c10-5-1-2-6(9(12)3-5)7-4-8(7)11/h1-3,7H,4H2. The minimum atomic E-state index is -0.261. The van der Waals surface area contributed by atoms with E-state index in [1.165, 1.54) is 6.07 Å². The fourth-order valence-electron chi connectivity index (χ4n) is 1.20. The largest absolute Gasteiger partial charge is 0.207 e. The third-order valence-electron chi connectivity index (χ3n) is 1.96. The van der Waals surface area contributed by atoms with Crippen LogP contribution in [0.3, 0.4) is 0 Å². The summed E-state index contributed by atoms with van der Waals surface area (Å²) in [6, 6.07) is 4.69. The lowest BCUT2D eigenvalue weighted by molar-refractivity contribution is 0.612. The van der Waals surface area contributed by atoms with Crippen molar-refractivity contribution in [3.8, 4) is 0 Å². The highest BCUT2D eigenvalue weighted by atomic mass is 35.5. The second-order valence-electron chi connectivity index (χ2n) is 2.87. The van der Waals surface area contributed by atoms with Crippen molar-refractivity contribution in [1.82, 2.24) is 0 Å². The van der Waals surface area contributed by atoms with Crippen LogP contribution < -0.4 is 0 Å². The number of rotatable bonds is 1. The number of hydrogen-bond acceptors (Lipinski definition) is 0. The molecule has 0 spiro atoms. The van der Waals surface area contributed by atoms with Gasteiger partial charge in [0, 0.05) is 10.9 Å². The number of benzene rings is 1. The summed E-state index contributed by atoms with van der Waals surface area (Å²) in [5, 5.41) is 1.25. The Morgan fingerprint density at radius 2 is 2.00 bits per heavy atom. The maximum atomic E-state index is 13.2. The van der Waals surface area contributed by atoms with Crippen molar-refractivity contribution in [3.05, 3.63) is 40.0 Å². The molecule has 1 aliphatic carbocycles. The molecule has 1 aliphatic rings. The van der Waals surface area contributed by atoms with Crippen molar-refractivity contribution in [2.45, 2.75) is 12.3 Å². The molecule has 1 radical (unpaired) electrons. The van der Waals surface area contributed by atoms with Crippen LogP contribution in [0.2, 0.25) is 5.02 Å². The number of halogens is 3. The minimum absolute atomic E-state index is 0.115. The average molecular weight is 204 g/mol. The van der Waals surface area contributed by atoms with E-state index in [4.69, 9.17) is 23.2 Å². The van der Waals surface area contributed by atoms with Gasteiger partial charge in [0.2, 0.25) is 0 Å². The van der Waals surface area contributed by atoms with Gasteiger partial charge < -0.3 is 0 Å². The molecule has 0 amide bonds. The third kappa shape index (κ3) is 1.44. The van der Waals surface area contributed by atoms with E-state index in [0.717, 1.165) is 11.8 Å². The van der Waals surface area contributed by atoms with Gasteiger partial charge in [0.15, 0.2) is 0 Å². The second kappa shape index (κ2) is 2.90. The van der Waals surface area contributed by atoms with Gasteiger partial charge in [0.1, 0.15) is 5.82 Å². The fourth-order valence-corrected chi connectivity index (χ4v) is 1.63. The van der Waals surface area contributed by atoms with Gasteiger partial charge in [-0.3, -0.25) is 0 Å². The highest BCUT2D eigenvalue weighted by Crippen LogP contribution is 2.53. The predicted octanol–water partition coefficient (Wildman–Crippen LogP) is 3.74. The van der Waals surface area contributed by atoms with E-state index in [1.807, 2.05) is 0 Å². The normalized spacial score (nSPS) is 22.8. The number of hydrogen-bond donors (Lipinski definition) is 0. The summed E-state index contributed by atoms with van der Waals surface area (Å²) in [7, 11) is 0. The molecule has 0 aromatic heterocycles. The molecule has 0 N–H and O–H groups in total. The van der Waals surface area contributed by atoms with Crippen LogP contribution in [0.1, 0.15) is 17.9 Å². The highest BCUT2D eigenvalue weighted by molar-refractivity contribution is 6.31. The molecule has 63 valence electrons. The van der Waals surface area contributed by atoms with E-state index in [9.17, 15) is 4.39 Å². The Labute approximate surface area is 80.3 Å². The van der Waals surface area contributed by atoms with Crippen molar-refractivity contribution in [2.75, 3.05) is 0 Å². The van der Waals surface area contributed by atoms with Crippen LogP contribution in [0.4, 0.5) is 4.39 Å². The van der Waals surface area contributed by atoms with E-state index in [0.29, 0.717) is 10.6 Å². The van der Waals surface area contributed by atoms with Crippen molar-refractivity contribution in [3.63, 3.8) is 0 Å². The van der Waals surface area contributed by atoms with Gasteiger partial charge in [-0.1, -0.05) is 17.7 Å². The molecule has 1 fully saturated rings. The molecule has 12 heavy (non-hydrogen) atoms. The fraction of sp³-hybridized carbons (Fsp3) is 0.222. The van der Waals surface area contributed by atoms with E-state index in [-0.39, 0.29) is 11.7 Å².